The van der Waals surface area contributed by atoms with Crippen molar-refractivity contribution in [1.29, 1.82) is 0 Å². The first-order valence-electron chi connectivity index (χ1n) is 6.82. The van der Waals surface area contributed by atoms with Crippen LogP contribution in [0.4, 0.5) is 0 Å². The molecule has 3 rings (SSSR count). The van der Waals surface area contributed by atoms with E-state index >= 15 is 0 Å². The van der Waals surface area contributed by atoms with E-state index in [0.29, 0.717) is 46.7 Å². The molecule has 0 aliphatic carbocycles. The van der Waals surface area contributed by atoms with Crippen molar-refractivity contribution in [3.8, 4) is 22.1 Å². The molecule has 0 bridgehead atoms. The van der Waals surface area contributed by atoms with E-state index in [9.17, 15) is 9.90 Å². The molecule has 1 aliphatic rings. The molecule has 1 aromatic heterocycles. The van der Waals surface area contributed by atoms with Crippen molar-refractivity contribution >= 4 is 17.3 Å². The third-order valence-electron chi connectivity index (χ3n) is 3.17. The lowest BCUT2D eigenvalue weighted by atomic mass is 10.2. The number of aromatic nitrogens is 1. The van der Waals surface area contributed by atoms with Crippen molar-refractivity contribution in [1.82, 2.24) is 4.98 Å². The average molecular weight is 305 g/mol. The van der Waals surface area contributed by atoms with Crippen LogP contribution in [0.15, 0.2) is 18.2 Å². The predicted molar refractivity (Wildman–Crippen MR) is 79.5 cm³/mol. The Labute approximate surface area is 126 Å². The summed E-state index contributed by atoms with van der Waals surface area (Å²) in [5.74, 6) is 0.483. The molecule has 1 aliphatic heterocycles. The number of rotatable bonds is 4. The number of benzene rings is 1. The SMILES string of the molecule is CCCc1nc(-c2ccc3c(c2)OCCO3)sc1C(=O)O. The van der Waals surface area contributed by atoms with E-state index in [1.54, 1.807) is 0 Å². The number of nitrogens with zero attached hydrogens (tertiary/aromatic N) is 1. The van der Waals surface area contributed by atoms with Gasteiger partial charge in [-0.15, -0.1) is 11.3 Å². The number of aromatic carboxylic acids is 1. The van der Waals surface area contributed by atoms with Gasteiger partial charge in [-0.3, -0.25) is 0 Å². The lowest BCUT2D eigenvalue weighted by Crippen LogP contribution is -2.15. The largest absolute Gasteiger partial charge is 0.486 e. The van der Waals surface area contributed by atoms with Crippen LogP contribution in [0.1, 0.15) is 28.7 Å². The Bertz CT molecular complexity index is 680. The summed E-state index contributed by atoms with van der Waals surface area (Å²) in [6.45, 7) is 3.08. The summed E-state index contributed by atoms with van der Waals surface area (Å²) < 4.78 is 11.0. The maximum absolute atomic E-state index is 11.3. The number of hydrogen-bond acceptors (Lipinski definition) is 5. The molecule has 1 N–H and O–H groups in total. The molecular weight excluding hydrogens is 290 g/mol. The molecule has 1 aromatic carbocycles. The van der Waals surface area contributed by atoms with Crippen LogP contribution in [-0.2, 0) is 6.42 Å². The molecule has 2 aromatic rings. The average Bonchev–Trinajstić information content (AvgIpc) is 2.91. The first kappa shape index (κ1) is 13.9. The molecule has 0 saturated heterocycles. The summed E-state index contributed by atoms with van der Waals surface area (Å²) in [6, 6.07) is 5.58. The van der Waals surface area contributed by atoms with E-state index < -0.39 is 5.97 Å². The molecule has 0 saturated carbocycles. The lowest BCUT2D eigenvalue weighted by Gasteiger charge is -2.18. The fourth-order valence-corrected chi connectivity index (χ4v) is 3.17. The van der Waals surface area contributed by atoms with E-state index in [1.165, 1.54) is 11.3 Å². The minimum Gasteiger partial charge on any atom is -0.486 e. The van der Waals surface area contributed by atoms with Gasteiger partial charge in [0.1, 0.15) is 23.1 Å². The fourth-order valence-electron chi connectivity index (χ4n) is 2.22. The van der Waals surface area contributed by atoms with Gasteiger partial charge in [0.2, 0.25) is 0 Å². The van der Waals surface area contributed by atoms with Gasteiger partial charge in [0.25, 0.3) is 0 Å². The van der Waals surface area contributed by atoms with Crippen molar-refractivity contribution in [2.24, 2.45) is 0 Å². The van der Waals surface area contributed by atoms with Crippen molar-refractivity contribution < 1.29 is 19.4 Å². The molecule has 5 nitrogen and oxygen atoms in total. The van der Waals surface area contributed by atoms with Crippen LogP contribution < -0.4 is 9.47 Å². The number of hydrogen-bond donors (Lipinski definition) is 1. The molecule has 0 radical (unpaired) electrons. The zero-order valence-electron chi connectivity index (χ0n) is 11.6. The van der Waals surface area contributed by atoms with Crippen LogP contribution in [0.25, 0.3) is 10.6 Å². The van der Waals surface area contributed by atoms with Gasteiger partial charge in [-0.05, 0) is 24.6 Å². The van der Waals surface area contributed by atoms with Gasteiger partial charge in [0.05, 0.1) is 5.69 Å². The van der Waals surface area contributed by atoms with Crippen LogP contribution in [0.3, 0.4) is 0 Å². The maximum Gasteiger partial charge on any atom is 0.347 e. The van der Waals surface area contributed by atoms with Crippen molar-refractivity contribution in [2.45, 2.75) is 19.8 Å². The molecule has 0 fully saturated rings. The van der Waals surface area contributed by atoms with Gasteiger partial charge in [-0.2, -0.15) is 0 Å². The summed E-state index contributed by atoms with van der Waals surface area (Å²) in [7, 11) is 0. The molecule has 0 spiro atoms. The Balaban J connectivity index is 2.00. The highest BCUT2D eigenvalue weighted by molar-refractivity contribution is 7.17. The minimum absolute atomic E-state index is 0.321. The third-order valence-corrected chi connectivity index (χ3v) is 4.30. The number of fused-ring (bicyclic) bond motifs is 1. The highest BCUT2D eigenvalue weighted by atomic mass is 32.1. The number of ether oxygens (including phenoxy) is 2. The van der Waals surface area contributed by atoms with E-state index in [4.69, 9.17) is 9.47 Å². The molecule has 110 valence electrons. The van der Waals surface area contributed by atoms with Gasteiger partial charge in [0.15, 0.2) is 11.5 Å². The second-order valence-electron chi connectivity index (χ2n) is 4.71. The minimum atomic E-state index is -0.917. The van der Waals surface area contributed by atoms with Crippen LogP contribution in [0, 0.1) is 0 Å². The lowest BCUT2D eigenvalue weighted by molar-refractivity contribution is 0.0700. The smallest absolute Gasteiger partial charge is 0.347 e. The molecule has 2 heterocycles. The van der Waals surface area contributed by atoms with Crippen LogP contribution in [0.5, 0.6) is 11.5 Å². The Hall–Kier alpha value is -2.08. The van der Waals surface area contributed by atoms with Crippen molar-refractivity contribution in [2.75, 3.05) is 13.2 Å². The summed E-state index contributed by atoms with van der Waals surface area (Å²) in [5.41, 5.74) is 1.51. The first-order chi connectivity index (χ1) is 10.2. The van der Waals surface area contributed by atoms with Crippen molar-refractivity contribution in [3.05, 3.63) is 28.8 Å². The molecule has 0 amide bonds. The maximum atomic E-state index is 11.3. The van der Waals surface area contributed by atoms with E-state index in [-0.39, 0.29) is 0 Å². The number of carboxylic acid groups (broad SMARTS) is 1. The quantitative estimate of drug-likeness (QED) is 0.939. The third kappa shape index (κ3) is 2.71. The highest BCUT2D eigenvalue weighted by Crippen LogP contribution is 2.36. The van der Waals surface area contributed by atoms with Crippen LogP contribution in [-0.4, -0.2) is 29.3 Å². The van der Waals surface area contributed by atoms with E-state index in [2.05, 4.69) is 4.98 Å². The van der Waals surface area contributed by atoms with Gasteiger partial charge >= 0.3 is 5.97 Å². The molecular formula is C15H15NO4S. The Morgan fingerprint density at radius 3 is 2.81 bits per heavy atom. The summed E-state index contributed by atoms with van der Waals surface area (Å²) in [5, 5.41) is 9.97. The van der Waals surface area contributed by atoms with Crippen molar-refractivity contribution in [3.63, 3.8) is 0 Å². The Kier molecular flexibility index (Phi) is 3.79. The Morgan fingerprint density at radius 2 is 2.10 bits per heavy atom. The number of carbonyl (C=O) groups is 1. The molecule has 6 heteroatoms. The summed E-state index contributed by atoms with van der Waals surface area (Å²) in [6.07, 6.45) is 1.53. The molecule has 0 unspecified atom stereocenters. The molecule has 0 atom stereocenters. The van der Waals surface area contributed by atoms with Crippen LogP contribution in [0.2, 0.25) is 0 Å². The number of carboxylic acids is 1. The highest BCUT2D eigenvalue weighted by Gasteiger charge is 2.19. The monoisotopic (exact) mass is 305 g/mol. The number of aryl methyl sites for hydroxylation is 1. The second kappa shape index (κ2) is 5.73. The van der Waals surface area contributed by atoms with Crippen LogP contribution >= 0.6 is 11.3 Å². The fraction of sp³-hybridized carbons (Fsp3) is 0.333. The van der Waals surface area contributed by atoms with Gasteiger partial charge in [0, 0.05) is 5.56 Å². The zero-order valence-corrected chi connectivity index (χ0v) is 12.4. The standard InChI is InChI=1S/C15H15NO4S/c1-2-3-10-13(15(17)18)21-14(16-10)9-4-5-11-12(8-9)20-7-6-19-11/h4-5,8H,2-3,6-7H2,1H3,(H,17,18). The van der Waals surface area contributed by atoms with Gasteiger partial charge in [-0.1, -0.05) is 13.3 Å². The van der Waals surface area contributed by atoms with E-state index in [0.717, 1.165) is 12.0 Å². The second-order valence-corrected chi connectivity index (χ2v) is 5.71. The summed E-state index contributed by atoms with van der Waals surface area (Å²) >= 11 is 1.20. The van der Waals surface area contributed by atoms with E-state index in [1.807, 2.05) is 25.1 Å². The predicted octanol–water partition coefficient (Wildman–Crippen LogP) is 3.23. The summed E-state index contributed by atoms with van der Waals surface area (Å²) in [4.78, 5) is 16.1. The van der Waals surface area contributed by atoms with Gasteiger partial charge in [-0.25, -0.2) is 9.78 Å². The topological polar surface area (TPSA) is 68.7 Å². The Morgan fingerprint density at radius 1 is 1.33 bits per heavy atom. The first-order valence-corrected chi connectivity index (χ1v) is 7.63. The number of thiazole rings is 1. The normalized spacial score (nSPS) is 13.2. The zero-order chi connectivity index (χ0) is 14.8. The van der Waals surface area contributed by atoms with Gasteiger partial charge < -0.3 is 14.6 Å². The molecule has 21 heavy (non-hydrogen) atoms.